The van der Waals surface area contributed by atoms with E-state index in [2.05, 4.69) is 20.5 Å². The van der Waals surface area contributed by atoms with Crippen molar-refractivity contribution >= 4 is 5.91 Å². The van der Waals surface area contributed by atoms with E-state index in [-0.39, 0.29) is 11.9 Å². The second-order valence-corrected chi connectivity index (χ2v) is 6.66. The Hall–Kier alpha value is -3.00. The van der Waals surface area contributed by atoms with Crippen molar-refractivity contribution in [1.29, 1.82) is 0 Å². The Balaban J connectivity index is 1.37. The standard InChI is InChI=1S/C18H20N6O2/c25-17-8-13(9-23-6-5-19-10-23)7-16(17)22-18(26)14-1-3-15(4-2-14)24-11-20-21-12-24/h1-6,10-13,16-17,25H,7-9H2,(H,22,26)/t13?,16-,17-/m1/s1. The fourth-order valence-corrected chi connectivity index (χ4v) is 3.49. The molecule has 2 heterocycles. The molecule has 2 aromatic heterocycles. The molecule has 0 bridgehead atoms. The Morgan fingerprint density at radius 2 is 1.92 bits per heavy atom. The number of aliphatic hydroxyl groups excluding tert-OH is 1. The second-order valence-electron chi connectivity index (χ2n) is 6.66. The summed E-state index contributed by atoms with van der Waals surface area (Å²) in [5.41, 5.74) is 1.44. The highest BCUT2D eigenvalue weighted by atomic mass is 16.3. The predicted molar refractivity (Wildman–Crippen MR) is 93.6 cm³/mol. The van der Waals surface area contributed by atoms with E-state index < -0.39 is 6.10 Å². The number of rotatable bonds is 5. The van der Waals surface area contributed by atoms with Crippen LogP contribution in [0.1, 0.15) is 23.2 Å². The molecule has 4 rings (SSSR count). The van der Waals surface area contributed by atoms with E-state index in [1.54, 1.807) is 41.9 Å². The average molecular weight is 352 g/mol. The molecule has 0 radical (unpaired) electrons. The van der Waals surface area contributed by atoms with Crippen LogP contribution in [0.3, 0.4) is 0 Å². The molecule has 3 atom stereocenters. The molecular formula is C18H20N6O2. The lowest BCUT2D eigenvalue weighted by Gasteiger charge is -2.16. The van der Waals surface area contributed by atoms with Gasteiger partial charge in [0.1, 0.15) is 12.7 Å². The van der Waals surface area contributed by atoms with E-state index >= 15 is 0 Å². The number of benzene rings is 1. The van der Waals surface area contributed by atoms with E-state index in [0.717, 1.165) is 18.7 Å². The zero-order chi connectivity index (χ0) is 17.9. The minimum Gasteiger partial charge on any atom is -0.391 e. The van der Waals surface area contributed by atoms with Gasteiger partial charge in [-0.25, -0.2) is 4.98 Å². The predicted octanol–water partition coefficient (Wildman–Crippen LogP) is 1.03. The second kappa shape index (κ2) is 7.09. The van der Waals surface area contributed by atoms with Gasteiger partial charge in [0.25, 0.3) is 5.91 Å². The fraction of sp³-hybridized carbons (Fsp3) is 0.333. The summed E-state index contributed by atoms with van der Waals surface area (Å²) in [6, 6.07) is 6.97. The summed E-state index contributed by atoms with van der Waals surface area (Å²) in [4.78, 5) is 16.5. The van der Waals surface area contributed by atoms with Crippen LogP contribution in [0.5, 0.6) is 0 Å². The number of aliphatic hydroxyl groups is 1. The first kappa shape index (κ1) is 16.5. The van der Waals surface area contributed by atoms with Gasteiger partial charge in [-0.1, -0.05) is 0 Å². The molecule has 8 nitrogen and oxygen atoms in total. The molecule has 1 aromatic carbocycles. The first-order chi connectivity index (χ1) is 12.7. The molecule has 1 aliphatic carbocycles. The summed E-state index contributed by atoms with van der Waals surface area (Å²) in [6.07, 6.45) is 9.54. The molecule has 1 unspecified atom stereocenters. The number of carbonyl (C=O) groups is 1. The molecule has 2 N–H and O–H groups in total. The van der Waals surface area contributed by atoms with E-state index in [1.165, 1.54) is 0 Å². The number of nitrogens with zero attached hydrogens (tertiary/aromatic N) is 5. The third kappa shape index (κ3) is 3.50. The number of carbonyl (C=O) groups excluding carboxylic acids is 1. The van der Waals surface area contributed by atoms with Crippen LogP contribution in [0.25, 0.3) is 5.69 Å². The van der Waals surface area contributed by atoms with Crippen LogP contribution in [-0.2, 0) is 6.54 Å². The average Bonchev–Trinajstić information content (AvgIpc) is 3.39. The summed E-state index contributed by atoms with van der Waals surface area (Å²) in [6.45, 7) is 0.803. The van der Waals surface area contributed by atoms with Crippen LogP contribution in [0, 0.1) is 5.92 Å². The van der Waals surface area contributed by atoms with Crippen LogP contribution in [0.15, 0.2) is 55.6 Å². The molecule has 0 aliphatic heterocycles. The van der Waals surface area contributed by atoms with Crippen LogP contribution < -0.4 is 5.32 Å². The number of hydrogen-bond donors (Lipinski definition) is 2. The Morgan fingerprint density at radius 3 is 2.62 bits per heavy atom. The van der Waals surface area contributed by atoms with E-state index in [0.29, 0.717) is 17.9 Å². The lowest BCUT2D eigenvalue weighted by atomic mass is 10.1. The Labute approximate surface area is 150 Å². The highest BCUT2D eigenvalue weighted by Crippen LogP contribution is 2.27. The monoisotopic (exact) mass is 352 g/mol. The number of nitrogens with one attached hydrogen (secondary N) is 1. The normalized spacial score (nSPS) is 22.4. The van der Waals surface area contributed by atoms with Crippen molar-refractivity contribution in [2.24, 2.45) is 5.92 Å². The molecular weight excluding hydrogens is 332 g/mol. The molecule has 0 spiro atoms. The topological polar surface area (TPSA) is 97.9 Å². The zero-order valence-corrected chi connectivity index (χ0v) is 14.1. The molecule has 1 aliphatic rings. The van der Waals surface area contributed by atoms with E-state index in [1.807, 2.05) is 22.9 Å². The van der Waals surface area contributed by atoms with Crippen molar-refractivity contribution in [3.8, 4) is 5.69 Å². The van der Waals surface area contributed by atoms with Crippen LogP contribution in [0.4, 0.5) is 0 Å². The van der Waals surface area contributed by atoms with Crippen molar-refractivity contribution in [3.05, 3.63) is 61.2 Å². The fourth-order valence-electron chi connectivity index (χ4n) is 3.49. The van der Waals surface area contributed by atoms with Crippen molar-refractivity contribution in [2.45, 2.75) is 31.5 Å². The maximum Gasteiger partial charge on any atom is 0.251 e. The maximum atomic E-state index is 12.5. The summed E-state index contributed by atoms with van der Waals surface area (Å²) in [7, 11) is 0. The van der Waals surface area contributed by atoms with Crippen LogP contribution in [0.2, 0.25) is 0 Å². The van der Waals surface area contributed by atoms with Gasteiger partial charge in [-0.15, -0.1) is 10.2 Å². The SMILES string of the molecule is O=C(N[C@@H]1CC(Cn2ccnc2)C[C@H]1O)c1ccc(-n2cnnc2)cc1. The van der Waals surface area contributed by atoms with Gasteiger partial charge in [0.2, 0.25) is 0 Å². The van der Waals surface area contributed by atoms with E-state index in [4.69, 9.17) is 0 Å². The molecule has 26 heavy (non-hydrogen) atoms. The largest absolute Gasteiger partial charge is 0.391 e. The van der Waals surface area contributed by atoms with Gasteiger partial charge in [0.05, 0.1) is 18.5 Å². The molecule has 134 valence electrons. The number of aromatic nitrogens is 5. The quantitative estimate of drug-likeness (QED) is 0.715. The summed E-state index contributed by atoms with van der Waals surface area (Å²) in [5, 5.41) is 20.8. The lowest BCUT2D eigenvalue weighted by molar-refractivity contribution is 0.0873. The van der Waals surface area contributed by atoms with Gasteiger partial charge >= 0.3 is 0 Å². The van der Waals surface area contributed by atoms with Crippen LogP contribution >= 0.6 is 0 Å². The number of amides is 1. The van der Waals surface area contributed by atoms with Crippen molar-refractivity contribution in [1.82, 2.24) is 29.6 Å². The molecule has 3 aromatic rings. The third-order valence-electron chi connectivity index (χ3n) is 4.82. The summed E-state index contributed by atoms with van der Waals surface area (Å²) in [5.74, 6) is 0.147. The smallest absolute Gasteiger partial charge is 0.251 e. The summed E-state index contributed by atoms with van der Waals surface area (Å²) >= 11 is 0. The molecule has 1 amide bonds. The Bertz CT molecular complexity index is 844. The molecule has 1 fully saturated rings. The maximum absolute atomic E-state index is 12.5. The van der Waals surface area contributed by atoms with Gasteiger partial charge in [0, 0.05) is 30.2 Å². The third-order valence-corrected chi connectivity index (χ3v) is 4.82. The lowest BCUT2D eigenvalue weighted by Crippen LogP contribution is -2.39. The minimum absolute atomic E-state index is 0.173. The summed E-state index contributed by atoms with van der Waals surface area (Å²) < 4.78 is 3.77. The Kier molecular flexibility index (Phi) is 4.49. The number of hydrogen-bond acceptors (Lipinski definition) is 5. The highest BCUT2D eigenvalue weighted by molar-refractivity contribution is 5.94. The minimum atomic E-state index is -0.524. The van der Waals surface area contributed by atoms with E-state index in [9.17, 15) is 9.90 Å². The Morgan fingerprint density at radius 1 is 1.15 bits per heavy atom. The van der Waals surface area contributed by atoms with Crippen molar-refractivity contribution in [2.75, 3.05) is 0 Å². The van der Waals surface area contributed by atoms with Crippen molar-refractivity contribution in [3.63, 3.8) is 0 Å². The van der Waals surface area contributed by atoms with Crippen LogP contribution in [-0.4, -0.2) is 47.5 Å². The first-order valence-electron chi connectivity index (χ1n) is 8.59. The molecule has 0 saturated heterocycles. The first-order valence-corrected chi connectivity index (χ1v) is 8.59. The molecule has 8 heteroatoms. The zero-order valence-electron chi connectivity index (χ0n) is 14.1. The van der Waals surface area contributed by atoms with Crippen molar-refractivity contribution < 1.29 is 9.90 Å². The number of imidazole rings is 1. The molecule has 1 saturated carbocycles. The van der Waals surface area contributed by atoms with Gasteiger partial charge < -0.3 is 15.0 Å². The van der Waals surface area contributed by atoms with Gasteiger partial charge in [0.15, 0.2) is 0 Å². The van der Waals surface area contributed by atoms with Gasteiger partial charge in [-0.05, 0) is 43.0 Å². The van der Waals surface area contributed by atoms with Gasteiger partial charge in [-0.2, -0.15) is 0 Å². The highest BCUT2D eigenvalue weighted by Gasteiger charge is 2.34. The van der Waals surface area contributed by atoms with Gasteiger partial charge in [-0.3, -0.25) is 9.36 Å².